The van der Waals surface area contributed by atoms with Gasteiger partial charge in [0.1, 0.15) is 0 Å². The average molecular weight is 284 g/mol. The first kappa shape index (κ1) is 16.2. The molecule has 0 radical (unpaired) electrons. The fraction of sp³-hybridized carbons (Fsp3) is 0.571. The third-order valence-corrected chi connectivity index (χ3v) is 3.08. The molecule has 5 heteroatoms. The topological polar surface area (TPSA) is 47.9 Å². The van der Waals surface area contributed by atoms with Gasteiger partial charge in [-0.05, 0) is 6.07 Å². The van der Waals surface area contributed by atoms with Crippen molar-refractivity contribution >= 4 is 11.3 Å². The molecule has 0 saturated carbocycles. The average Bonchev–Trinajstić information content (AvgIpc) is 2.86. The third-order valence-electron chi connectivity index (χ3n) is 2.17. The normalized spacial score (nSPS) is 10.2. The number of hydrogen-bond acceptors (Lipinski definition) is 5. The van der Waals surface area contributed by atoms with Crippen LogP contribution in [0.4, 0.5) is 0 Å². The summed E-state index contributed by atoms with van der Waals surface area (Å²) in [6.45, 7) is 3.06. The van der Waals surface area contributed by atoms with Crippen molar-refractivity contribution in [2.45, 2.75) is 13.0 Å². The molecular weight excluding hydrogens is 264 g/mol. The monoisotopic (exact) mass is 284 g/mol. The van der Waals surface area contributed by atoms with Crippen molar-refractivity contribution < 1.29 is 19.3 Å². The molecule has 0 aromatic carbocycles. The maximum absolute atomic E-state index is 8.63. The highest BCUT2D eigenvalue weighted by Gasteiger charge is 1.98. The Morgan fingerprint density at radius 3 is 2.79 bits per heavy atom. The Morgan fingerprint density at radius 2 is 2.00 bits per heavy atom. The number of hydrogen-bond donors (Lipinski definition) is 1. The van der Waals surface area contributed by atoms with Gasteiger partial charge in [-0.25, -0.2) is 0 Å². The van der Waals surface area contributed by atoms with E-state index in [-0.39, 0.29) is 6.61 Å². The summed E-state index contributed by atoms with van der Waals surface area (Å²) in [6.07, 6.45) is 0.514. The van der Waals surface area contributed by atoms with Crippen LogP contribution in [-0.4, -0.2) is 45.3 Å². The largest absolute Gasteiger partial charge is 0.395 e. The maximum atomic E-state index is 8.63. The Labute approximate surface area is 118 Å². The standard InChI is InChI=1S/C14H20O4S/c1-16-6-7-17-8-9-18-11-14-10-13(12-19-14)4-2-3-5-15/h10,12,15H,3,5-9,11H2,1H3. The number of aliphatic hydroxyl groups excluding tert-OH is 1. The molecule has 19 heavy (non-hydrogen) atoms. The van der Waals surface area contributed by atoms with E-state index in [1.165, 1.54) is 0 Å². The first-order valence-corrected chi connectivity index (χ1v) is 7.06. The van der Waals surface area contributed by atoms with Gasteiger partial charge in [-0.1, -0.05) is 11.8 Å². The Hall–Kier alpha value is -0.900. The number of ether oxygens (including phenoxy) is 3. The Bertz CT molecular complexity index is 392. The van der Waals surface area contributed by atoms with Gasteiger partial charge in [0.15, 0.2) is 0 Å². The molecule has 0 amide bonds. The smallest absolute Gasteiger partial charge is 0.0810 e. The lowest BCUT2D eigenvalue weighted by molar-refractivity contribution is 0.0205. The lowest BCUT2D eigenvalue weighted by Gasteiger charge is -2.04. The molecule has 1 N–H and O–H groups in total. The van der Waals surface area contributed by atoms with Crippen molar-refractivity contribution in [3.8, 4) is 11.8 Å². The van der Waals surface area contributed by atoms with Gasteiger partial charge in [0.05, 0.1) is 39.6 Å². The van der Waals surface area contributed by atoms with Crippen LogP contribution in [0, 0.1) is 11.8 Å². The molecule has 0 saturated heterocycles. The van der Waals surface area contributed by atoms with Crippen LogP contribution in [0.5, 0.6) is 0 Å². The van der Waals surface area contributed by atoms with Crippen LogP contribution in [0.25, 0.3) is 0 Å². The third kappa shape index (κ3) is 7.98. The predicted molar refractivity (Wildman–Crippen MR) is 75.3 cm³/mol. The first-order valence-electron chi connectivity index (χ1n) is 6.18. The zero-order chi connectivity index (χ0) is 13.8. The predicted octanol–water partition coefficient (Wildman–Crippen LogP) is 1.66. The van der Waals surface area contributed by atoms with Crippen LogP contribution in [0.1, 0.15) is 16.9 Å². The number of aliphatic hydroxyl groups is 1. The maximum Gasteiger partial charge on any atom is 0.0810 e. The van der Waals surface area contributed by atoms with E-state index in [9.17, 15) is 0 Å². The molecular formula is C14H20O4S. The zero-order valence-corrected chi connectivity index (χ0v) is 12.0. The summed E-state index contributed by atoms with van der Waals surface area (Å²) in [5, 5.41) is 10.6. The van der Waals surface area contributed by atoms with Gasteiger partial charge in [-0.15, -0.1) is 11.3 Å². The van der Waals surface area contributed by atoms with E-state index in [0.29, 0.717) is 39.5 Å². The molecule has 1 heterocycles. The Morgan fingerprint density at radius 1 is 1.21 bits per heavy atom. The molecule has 0 atom stereocenters. The van der Waals surface area contributed by atoms with Gasteiger partial charge < -0.3 is 19.3 Å². The minimum atomic E-state index is 0.107. The van der Waals surface area contributed by atoms with Crippen LogP contribution < -0.4 is 0 Å². The van der Waals surface area contributed by atoms with Gasteiger partial charge in [0.25, 0.3) is 0 Å². The quantitative estimate of drug-likeness (QED) is 0.553. The highest BCUT2D eigenvalue weighted by molar-refractivity contribution is 7.10. The van der Waals surface area contributed by atoms with E-state index in [4.69, 9.17) is 19.3 Å². The fourth-order valence-electron chi connectivity index (χ4n) is 1.28. The highest BCUT2D eigenvalue weighted by Crippen LogP contribution is 2.14. The summed E-state index contributed by atoms with van der Waals surface area (Å²) in [6, 6.07) is 2.01. The number of rotatable bonds is 9. The van der Waals surface area contributed by atoms with E-state index in [0.717, 1.165) is 10.4 Å². The van der Waals surface area contributed by atoms with Crippen molar-refractivity contribution in [1.82, 2.24) is 0 Å². The van der Waals surface area contributed by atoms with Gasteiger partial charge in [-0.2, -0.15) is 0 Å². The molecule has 0 fully saturated rings. The van der Waals surface area contributed by atoms with Crippen LogP contribution in [0.2, 0.25) is 0 Å². The van der Waals surface area contributed by atoms with E-state index >= 15 is 0 Å². The lowest BCUT2D eigenvalue weighted by Crippen LogP contribution is -2.07. The Balaban J connectivity index is 2.11. The molecule has 106 valence electrons. The van der Waals surface area contributed by atoms with Crippen LogP contribution in [0.15, 0.2) is 11.4 Å². The van der Waals surface area contributed by atoms with Gasteiger partial charge in [0.2, 0.25) is 0 Å². The molecule has 4 nitrogen and oxygen atoms in total. The fourth-order valence-corrected chi connectivity index (χ4v) is 2.03. The van der Waals surface area contributed by atoms with Gasteiger partial charge >= 0.3 is 0 Å². The summed E-state index contributed by atoms with van der Waals surface area (Å²) < 4.78 is 15.7. The van der Waals surface area contributed by atoms with Crippen molar-refractivity contribution in [2.24, 2.45) is 0 Å². The second kappa shape index (κ2) is 11.0. The lowest BCUT2D eigenvalue weighted by atomic mass is 10.3. The Kier molecular flexibility index (Phi) is 9.33. The minimum absolute atomic E-state index is 0.107. The number of thiophene rings is 1. The molecule has 1 aromatic rings. The van der Waals surface area contributed by atoms with Crippen LogP contribution in [-0.2, 0) is 20.8 Å². The summed E-state index contributed by atoms with van der Waals surface area (Å²) in [5.41, 5.74) is 0.980. The summed E-state index contributed by atoms with van der Waals surface area (Å²) in [7, 11) is 1.65. The van der Waals surface area contributed by atoms with Gasteiger partial charge in [-0.3, -0.25) is 0 Å². The van der Waals surface area contributed by atoms with E-state index in [1.807, 2.05) is 11.4 Å². The number of methoxy groups -OCH3 is 1. The summed E-state index contributed by atoms with van der Waals surface area (Å²) in [5.74, 6) is 5.89. The second-order valence-electron chi connectivity index (χ2n) is 3.73. The van der Waals surface area contributed by atoms with Gasteiger partial charge in [0, 0.05) is 29.4 Å². The molecule has 0 aliphatic carbocycles. The molecule has 0 bridgehead atoms. The molecule has 0 unspecified atom stereocenters. The SMILES string of the molecule is COCCOCCOCc1cc(C#CCCO)cs1. The van der Waals surface area contributed by atoms with Crippen molar-refractivity contribution in [2.75, 3.05) is 40.1 Å². The molecule has 1 rings (SSSR count). The van der Waals surface area contributed by atoms with Crippen LogP contribution in [0.3, 0.4) is 0 Å². The van der Waals surface area contributed by atoms with E-state index in [2.05, 4.69) is 11.8 Å². The highest BCUT2D eigenvalue weighted by atomic mass is 32.1. The summed E-state index contributed by atoms with van der Waals surface area (Å²) >= 11 is 1.63. The minimum Gasteiger partial charge on any atom is -0.395 e. The first-order chi connectivity index (χ1) is 9.36. The van der Waals surface area contributed by atoms with E-state index in [1.54, 1.807) is 18.4 Å². The zero-order valence-electron chi connectivity index (χ0n) is 11.2. The van der Waals surface area contributed by atoms with Crippen molar-refractivity contribution in [1.29, 1.82) is 0 Å². The second-order valence-corrected chi connectivity index (χ2v) is 4.73. The van der Waals surface area contributed by atoms with Crippen molar-refractivity contribution in [3.63, 3.8) is 0 Å². The van der Waals surface area contributed by atoms with Crippen molar-refractivity contribution in [3.05, 3.63) is 21.9 Å². The van der Waals surface area contributed by atoms with Crippen LogP contribution >= 0.6 is 11.3 Å². The van der Waals surface area contributed by atoms with E-state index < -0.39 is 0 Å². The molecule has 0 aliphatic rings. The molecule has 0 spiro atoms. The molecule has 0 aliphatic heterocycles. The summed E-state index contributed by atoms with van der Waals surface area (Å²) in [4.78, 5) is 1.14. The molecule has 1 aromatic heterocycles.